The summed E-state index contributed by atoms with van der Waals surface area (Å²) in [7, 11) is 0. The van der Waals surface area contributed by atoms with E-state index in [1.54, 1.807) is 4.90 Å². The minimum Gasteiger partial charge on any atom is -0.482 e. The fourth-order valence-electron chi connectivity index (χ4n) is 2.85. The van der Waals surface area contributed by atoms with Crippen LogP contribution in [0.15, 0.2) is 28.9 Å². The zero-order valence-electron chi connectivity index (χ0n) is 17.0. The zero-order valence-corrected chi connectivity index (χ0v) is 17.0. The van der Waals surface area contributed by atoms with E-state index in [1.165, 1.54) is 6.26 Å². The fraction of sp³-hybridized carbons (Fsp3) is 0.476. The Balaban J connectivity index is 1.82. The Hall–Kier alpha value is -2.83. The van der Waals surface area contributed by atoms with Crippen LogP contribution in [-0.4, -0.2) is 29.9 Å². The van der Waals surface area contributed by atoms with E-state index in [4.69, 9.17) is 9.15 Å². The van der Waals surface area contributed by atoms with Crippen molar-refractivity contribution in [3.63, 3.8) is 0 Å². The van der Waals surface area contributed by atoms with Crippen LogP contribution in [0.2, 0.25) is 0 Å². The predicted octanol–water partition coefficient (Wildman–Crippen LogP) is 3.28. The molecule has 0 saturated heterocycles. The van der Waals surface area contributed by atoms with Gasteiger partial charge in [0.05, 0.1) is 5.69 Å². The third-order valence-corrected chi connectivity index (χ3v) is 4.52. The van der Waals surface area contributed by atoms with Gasteiger partial charge in [-0.3, -0.25) is 14.5 Å². The molecule has 2 aromatic rings. The Labute approximate surface area is 165 Å². The summed E-state index contributed by atoms with van der Waals surface area (Å²) in [4.78, 5) is 30.5. The molecule has 1 aliphatic rings. The van der Waals surface area contributed by atoms with Crippen LogP contribution in [0.3, 0.4) is 0 Å². The van der Waals surface area contributed by atoms with Crippen molar-refractivity contribution in [3.05, 3.63) is 41.6 Å². The standard InChI is InChI=1S/C21H27N3O4/c1-13(2)9-22-20(26)15-11-28-18(23-15)10-24-16-8-14(21(3,4)5)6-7-17(16)27-12-19(24)25/h6-8,11,13H,9-10,12H2,1-5H3,(H,22,26). The van der Waals surface area contributed by atoms with Crippen molar-refractivity contribution in [1.82, 2.24) is 10.3 Å². The number of carbonyl (C=O) groups excluding carboxylic acids is 2. The number of aromatic nitrogens is 1. The minimum absolute atomic E-state index is 0.0374. The first kappa shape index (κ1) is 19.9. The van der Waals surface area contributed by atoms with Gasteiger partial charge < -0.3 is 14.5 Å². The quantitative estimate of drug-likeness (QED) is 0.854. The largest absolute Gasteiger partial charge is 0.482 e. The van der Waals surface area contributed by atoms with E-state index in [-0.39, 0.29) is 36.1 Å². The van der Waals surface area contributed by atoms with Gasteiger partial charge in [-0.2, -0.15) is 0 Å². The minimum atomic E-state index is -0.285. The molecule has 150 valence electrons. The van der Waals surface area contributed by atoms with Gasteiger partial charge in [0, 0.05) is 6.54 Å². The van der Waals surface area contributed by atoms with Crippen molar-refractivity contribution in [1.29, 1.82) is 0 Å². The van der Waals surface area contributed by atoms with Crippen LogP contribution < -0.4 is 15.0 Å². The van der Waals surface area contributed by atoms with E-state index in [9.17, 15) is 9.59 Å². The highest BCUT2D eigenvalue weighted by Crippen LogP contribution is 2.37. The van der Waals surface area contributed by atoms with E-state index in [2.05, 4.69) is 31.1 Å². The smallest absolute Gasteiger partial charge is 0.273 e. The van der Waals surface area contributed by atoms with Crippen molar-refractivity contribution in [2.45, 2.75) is 46.6 Å². The highest BCUT2D eigenvalue weighted by molar-refractivity contribution is 5.98. The summed E-state index contributed by atoms with van der Waals surface area (Å²) in [5.74, 6) is 0.830. The molecule has 0 atom stereocenters. The van der Waals surface area contributed by atoms with Crippen molar-refractivity contribution in [3.8, 4) is 5.75 Å². The maximum atomic E-state index is 12.5. The molecular weight excluding hydrogens is 358 g/mol. The van der Waals surface area contributed by atoms with Gasteiger partial charge in [0.15, 0.2) is 12.3 Å². The SMILES string of the molecule is CC(C)CNC(=O)c1coc(CN2C(=O)COc3ccc(C(C)(C)C)cc32)n1. The fourth-order valence-corrected chi connectivity index (χ4v) is 2.85. The van der Waals surface area contributed by atoms with Crippen LogP contribution in [-0.2, 0) is 16.8 Å². The maximum Gasteiger partial charge on any atom is 0.273 e. The van der Waals surface area contributed by atoms with Gasteiger partial charge in [-0.25, -0.2) is 4.98 Å². The van der Waals surface area contributed by atoms with E-state index >= 15 is 0 Å². The Morgan fingerprint density at radius 1 is 1.32 bits per heavy atom. The molecule has 0 radical (unpaired) electrons. The lowest BCUT2D eigenvalue weighted by Gasteiger charge is -2.30. The van der Waals surface area contributed by atoms with Crippen molar-refractivity contribution in [2.75, 3.05) is 18.1 Å². The molecule has 0 aliphatic carbocycles. The Morgan fingerprint density at radius 2 is 2.07 bits per heavy atom. The molecule has 3 rings (SSSR count). The first-order valence-electron chi connectivity index (χ1n) is 9.45. The number of nitrogens with one attached hydrogen (secondary N) is 1. The van der Waals surface area contributed by atoms with E-state index in [1.807, 2.05) is 32.0 Å². The third kappa shape index (κ3) is 4.35. The van der Waals surface area contributed by atoms with Crippen molar-refractivity contribution in [2.24, 2.45) is 5.92 Å². The number of amides is 2. The number of ether oxygens (including phenoxy) is 1. The summed E-state index contributed by atoms with van der Waals surface area (Å²) >= 11 is 0. The van der Waals surface area contributed by atoms with Crippen LogP contribution in [0.1, 0.15) is 56.6 Å². The van der Waals surface area contributed by atoms with Gasteiger partial charge in [0.1, 0.15) is 18.6 Å². The molecule has 1 N–H and O–H groups in total. The van der Waals surface area contributed by atoms with Gasteiger partial charge >= 0.3 is 0 Å². The van der Waals surface area contributed by atoms with Crippen LogP contribution in [0.5, 0.6) is 5.75 Å². The van der Waals surface area contributed by atoms with E-state index < -0.39 is 0 Å². The number of fused-ring (bicyclic) bond motifs is 1. The summed E-state index contributed by atoms with van der Waals surface area (Å²) in [5.41, 5.74) is 1.93. The summed E-state index contributed by atoms with van der Waals surface area (Å²) in [6.45, 7) is 11.0. The van der Waals surface area contributed by atoms with Gasteiger partial charge in [0.2, 0.25) is 5.89 Å². The highest BCUT2D eigenvalue weighted by atomic mass is 16.5. The third-order valence-electron chi connectivity index (χ3n) is 4.52. The van der Waals surface area contributed by atoms with E-state index in [0.29, 0.717) is 29.8 Å². The summed E-state index contributed by atoms with van der Waals surface area (Å²) in [6.07, 6.45) is 1.32. The molecule has 28 heavy (non-hydrogen) atoms. The molecule has 2 amide bonds. The number of benzene rings is 1. The Morgan fingerprint density at radius 3 is 2.75 bits per heavy atom. The lowest BCUT2D eigenvalue weighted by atomic mass is 9.86. The Bertz CT molecular complexity index is 880. The molecule has 1 aromatic carbocycles. The molecule has 0 spiro atoms. The predicted molar refractivity (Wildman–Crippen MR) is 106 cm³/mol. The molecule has 1 aromatic heterocycles. The van der Waals surface area contributed by atoms with Crippen LogP contribution in [0.4, 0.5) is 5.69 Å². The normalized spacial score (nSPS) is 14.1. The second kappa shape index (κ2) is 7.66. The lowest BCUT2D eigenvalue weighted by Crippen LogP contribution is -2.38. The second-order valence-electron chi connectivity index (χ2n) is 8.43. The highest BCUT2D eigenvalue weighted by Gasteiger charge is 2.29. The number of carbonyl (C=O) groups is 2. The van der Waals surface area contributed by atoms with Crippen LogP contribution >= 0.6 is 0 Å². The molecule has 7 heteroatoms. The van der Waals surface area contributed by atoms with Gasteiger partial charge in [-0.1, -0.05) is 40.7 Å². The molecular formula is C21H27N3O4. The molecule has 0 saturated carbocycles. The monoisotopic (exact) mass is 385 g/mol. The van der Waals surface area contributed by atoms with E-state index in [0.717, 1.165) is 5.56 Å². The summed E-state index contributed by atoms with van der Waals surface area (Å²) in [5, 5.41) is 2.80. The molecule has 0 fully saturated rings. The number of hydrogen-bond donors (Lipinski definition) is 1. The average Bonchev–Trinajstić information content (AvgIpc) is 3.09. The summed E-state index contributed by atoms with van der Waals surface area (Å²) < 4.78 is 11.0. The number of anilines is 1. The molecule has 7 nitrogen and oxygen atoms in total. The van der Waals surface area contributed by atoms with Crippen LogP contribution in [0.25, 0.3) is 0 Å². The molecule has 0 bridgehead atoms. The Kier molecular flexibility index (Phi) is 5.45. The number of rotatable bonds is 5. The average molecular weight is 385 g/mol. The second-order valence-corrected chi connectivity index (χ2v) is 8.43. The zero-order chi connectivity index (χ0) is 20.5. The van der Waals surface area contributed by atoms with Gasteiger partial charge in [-0.15, -0.1) is 0 Å². The van der Waals surface area contributed by atoms with Gasteiger partial charge in [-0.05, 0) is 29.0 Å². The van der Waals surface area contributed by atoms with Crippen molar-refractivity contribution >= 4 is 17.5 Å². The van der Waals surface area contributed by atoms with Crippen molar-refractivity contribution < 1.29 is 18.7 Å². The first-order valence-corrected chi connectivity index (χ1v) is 9.45. The molecule has 2 heterocycles. The number of hydrogen-bond acceptors (Lipinski definition) is 5. The molecule has 1 aliphatic heterocycles. The number of oxazole rings is 1. The maximum absolute atomic E-state index is 12.5. The topological polar surface area (TPSA) is 84.7 Å². The molecule has 0 unspecified atom stereocenters. The lowest BCUT2D eigenvalue weighted by molar-refractivity contribution is -0.121. The number of nitrogens with zero attached hydrogens (tertiary/aromatic N) is 2. The first-order chi connectivity index (χ1) is 13.1. The summed E-state index contributed by atoms with van der Waals surface area (Å²) in [6, 6.07) is 5.86. The van der Waals surface area contributed by atoms with Crippen LogP contribution in [0, 0.1) is 5.92 Å². The van der Waals surface area contributed by atoms with Gasteiger partial charge in [0.25, 0.3) is 11.8 Å².